The lowest BCUT2D eigenvalue weighted by atomic mass is 10.3. The first-order chi connectivity index (χ1) is 8.65. The molecule has 5 heteroatoms. The summed E-state index contributed by atoms with van der Waals surface area (Å²) in [6.07, 6.45) is 0.300. The van der Waals surface area contributed by atoms with E-state index in [0.717, 1.165) is 26.2 Å². The van der Waals surface area contributed by atoms with Crippen molar-refractivity contribution < 1.29 is 9.47 Å². The summed E-state index contributed by atoms with van der Waals surface area (Å²) in [5.74, 6) is 0.644. The summed E-state index contributed by atoms with van der Waals surface area (Å²) in [5, 5.41) is 1.23. The first-order valence-corrected chi connectivity index (χ1v) is 6.82. The average molecular weight is 290 g/mol. The van der Waals surface area contributed by atoms with Gasteiger partial charge in [-0.05, 0) is 19.1 Å². The van der Waals surface area contributed by atoms with E-state index >= 15 is 0 Å². The Morgan fingerprint density at radius 3 is 3.06 bits per heavy atom. The highest BCUT2D eigenvalue weighted by Gasteiger charge is 2.16. The first-order valence-electron chi connectivity index (χ1n) is 6.07. The van der Waals surface area contributed by atoms with Crippen LogP contribution in [0.5, 0.6) is 5.75 Å². The molecule has 0 spiro atoms. The van der Waals surface area contributed by atoms with Gasteiger partial charge in [0.1, 0.15) is 12.4 Å². The standard InChI is InChI=1S/C13H17Cl2NO2/c1-10-9-16(4-6-17-10)5-7-18-13-8-11(14)2-3-12(13)15/h2-3,8,10H,4-7,9H2,1H3. The molecule has 1 heterocycles. The third kappa shape index (κ3) is 4.02. The monoisotopic (exact) mass is 289 g/mol. The van der Waals surface area contributed by atoms with E-state index < -0.39 is 0 Å². The number of hydrogen-bond acceptors (Lipinski definition) is 3. The molecule has 1 aromatic rings. The zero-order chi connectivity index (χ0) is 13.0. The maximum absolute atomic E-state index is 6.02. The number of ether oxygens (including phenoxy) is 2. The fourth-order valence-corrected chi connectivity index (χ4v) is 2.30. The minimum Gasteiger partial charge on any atom is -0.491 e. The quantitative estimate of drug-likeness (QED) is 0.850. The van der Waals surface area contributed by atoms with Crippen molar-refractivity contribution in [3.8, 4) is 5.75 Å². The Bertz CT molecular complexity index is 401. The van der Waals surface area contributed by atoms with Crippen molar-refractivity contribution >= 4 is 23.2 Å². The minimum atomic E-state index is 0.300. The van der Waals surface area contributed by atoms with Gasteiger partial charge in [-0.1, -0.05) is 23.2 Å². The van der Waals surface area contributed by atoms with Crippen LogP contribution in [-0.2, 0) is 4.74 Å². The normalized spacial score (nSPS) is 20.9. The van der Waals surface area contributed by atoms with Gasteiger partial charge in [0.2, 0.25) is 0 Å². The Labute approximate surface area is 118 Å². The molecule has 0 aliphatic carbocycles. The molecule has 1 aliphatic rings. The predicted molar refractivity (Wildman–Crippen MR) is 73.8 cm³/mol. The number of rotatable bonds is 4. The van der Waals surface area contributed by atoms with E-state index in [0.29, 0.717) is 28.5 Å². The van der Waals surface area contributed by atoms with E-state index in [1.54, 1.807) is 18.2 Å². The van der Waals surface area contributed by atoms with Gasteiger partial charge < -0.3 is 9.47 Å². The van der Waals surface area contributed by atoms with Crippen LogP contribution in [0.2, 0.25) is 10.0 Å². The Morgan fingerprint density at radius 1 is 1.44 bits per heavy atom. The molecular weight excluding hydrogens is 273 g/mol. The van der Waals surface area contributed by atoms with Crippen LogP contribution in [-0.4, -0.2) is 43.9 Å². The van der Waals surface area contributed by atoms with Crippen LogP contribution in [0.1, 0.15) is 6.92 Å². The molecule has 0 amide bonds. The van der Waals surface area contributed by atoms with Gasteiger partial charge in [0.05, 0.1) is 17.7 Å². The van der Waals surface area contributed by atoms with Gasteiger partial charge in [-0.2, -0.15) is 0 Å². The zero-order valence-electron chi connectivity index (χ0n) is 10.4. The highest BCUT2D eigenvalue weighted by atomic mass is 35.5. The molecule has 3 nitrogen and oxygen atoms in total. The number of nitrogens with zero attached hydrogens (tertiary/aromatic N) is 1. The molecule has 0 aromatic heterocycles. The summed E-state index contributed by atoms with van der Waals surface area (Å²) in [7, 11) is 0. The number of halogens is 2. The van der Waals surface area contributed by atoms with E-state index in [1.165, 1.54) is 0 Å². The Morgan fingerprint density at radius 2 is 2.28 bits per heavy atom. The van der Waals surface area contributed by atoms with Gasteiger partial charge in [0.15, 0.2) is 0 Å². The van der Waals surface area contributed by atoms with Crippen LogP contribution in [0.3, 0.4) is 0 Å². The molecule has 1 fully saturated rings. The second-order valence-corrected chi connectivity index (χ2v) is 5.25. The van der Waals surface area contributed by atoms with Crippen molar-refractivity contribution in [3.63, 3.8) is 0 Å². The van der Waals surface area contributed by atoms with Crippen molar-refractivity contribution in [3.05, 3.63) is 28.2 Å². The molecule has 0 N–H and O–H groups in total. The van der Waals surface area contributed by atoms with Gasteiger partial charge >= 0.3 is 0 Å². The average Bonchev–Trinajstić information content (AvgIpc) is 2.34. The van der Waals surface area contributed by atoms with E-state index in [9.17, 15) is 0 Å². The fourth-order valence-electron chi connectivity index (χ4n) is 1.97. The molecule has 0 saturated carbocycles. The lowest BCUT2D eigenvalue weighted by Crippen LogP contribution is -2.42. The van der Waals surface area contributed by atoms with Gasteiger partial charge in [-0.25, -0.2) is 0 Å². The molecule has 1 unspecified atom stereocenters. The van der Waals surface area contributed by atoms with Gasteiger partial charge in [0.25, 0.3) is 0 Å². The third-order valence-corrected chi connectivity index (χ3v) is 3.43. The molecule has 0 bridgehead atoms. The van der Waals surface area contributed by atoms with Crippen molar-refractivity contribution in [2.24, 2.45) is 0 Å². The summed E-state index contributed by atoms with van der Waals surface area (Å²) >= 11 is 11.9. The fraction of sp³-hybridized carbons (Fsp3) is 0.538. The van der Waals surface area contributed by atoms with Crippen LogP contribution in [0.15, 0.2) is 18.2 Å². The maximum atomic E-state index is 6.02. The van der Waals surface area contributed by atoms with Crippen molar-refractivity contribution in [2.75, 3.05) is 32.8 Å². The van der Waals surface area contributed by atoms with E-state index in [-0.39, 0.29) is 0 Å². The Hall–Kier alpha value is -0.480. The predicted octanol–water partition coefficient (Wildman–Crippen LogP) is 3.09. The third-order valence-electron chi connectivity index (χ3n) is 2.88. The summed E-state index contributed by atoms with van der Waals surface area (Å²) in [6.45, 7) is 6.26. The van der Waals surface area contributed by atoms with Crippen LogP contribution >= 0.6 is 23.2 Å². The van der Waals surface area contributed by atoms with E-state index in [4.69, 9.17) is 32.7 Å². The van der Waals surface area contributed by atoms with Crippen molar-refractivity contribution in [1.29, 1.82) is 0 Å². The van der Waals surface area contributed by atoms with E-state index in [2.05, 4.69) is 11.8 Å². The van der Waals surface area contributed by atoms with Crippen molar-refractivity contribution in [1.82, 2.24) is 4.90 Å². The summed E-state index contributed by atoms with van der Waals surface area (Å²) in [5.41, 5.74) is 0. The molecule has 1 aromatic carbocycles. The topological polar surface area (TPSA) is 21.7 Å². The largest absolute Gasteiger partial charge is 0.491 e. The molecule has 1 aliphatic heterocycles. The lowest BCUT2D eigenvalue weighted by molar-refractivity contribution is -0.0214. The van der Waals surface area contributed by atoms with Crippen LogP contribution < -0.4 is 4.74 Å². The van der Waals surface area contributed by atoms with Crippen LogP contribution in [0, 0.1) is 0 Å². The molecule has 2 rings (SSSR count). The van der Waals surface area contributed by atoms with Crippen molar-refractivity contribution in [2.45, 2.75) is 13.0 Å². The summed E-state index contributed by atoms with van der Waals surface area (Å²) in [6, 6.07) is 5.24. The molecule has 18 heavy (non-hydrogen) atoms. The van der Waals surface area contributed by atoms with Gasteiger partial charge in [0, 0.05) is 30.7 Å². The maximum Gasteiger partial charge on any atom is 0.139 e. The SMILES string of the molecule is CC1CN(CCOc2cc(Cl)ccc2Cl)CCO1. The summed E-state index contributed by atoms with van der Waals surface area (Å²) in [4.78, 5) is 2.33. The Kier molecular flexibility index (Phi) is 5.13. The molecule has 100 valence electrons. The van der Waals surface area contributed by atoms with Crippen LogP contribution in [0.25, 0.3) is 0 Å². The smallest absolute Gasteiger partial charge is 0.139 e. The first kappa shape index (κ1) is 13.9. The molecule has 1 saturated heterocycles. The van der Waals surface area contributed by atoms with Gasteiger partial charge in [-0.15, -0.1) is 0 Å². The van der Waals surface area contributed by atoms with Crippen LogP contribution in [0.4, 0.5) is 0 Å². The summed E-state index contributed by atoms with van der Waals surface area (Å²) < 4.78 is 11.1. The van der Waals surface area contributed by atoms with E-state index in [1.807, 2.05) is 0 Å². The molecule has 1 atom stereocenters. The second-order valence-electron chi connectivity index (χ2n) is 4.41. The number of hydrogen-bond donors (Lipinski definition) is 0. The lowest BCUT2D eigenvalue weighted by Gasteiger charge is -2.30. The second kappa shape index (κ2) is 6.62. The zero-order valence-corrected chi connectivity index (χ0v) is 11.9. The number of morpholine rings is 1. The molecule has 0 radical (unpaired) electrons. The number of benzene rings is 1. The molecular formula is C13H17Cl2NO2. The highest BCUT2D eigenvalue weighted by Crippen LogP contribution is 2.27. The van der Waals surface area contributed by atoms with Gasteiger partial charge in [-0.3, -0.25) is 4.90 Å². The Balaban J connectivity index is 1.79. The minimum absolute atomic E-state index is 0.300. The highest BCUT2D eigenvalue weighted by molar-refractivity contribution is 6.34.